The number of para-hydroxylation sites is 2. The summed E-state index contributed by atoms with van der Waals surface area (Å²) in [6, 6.07) is 8.00. The molecule has 0 amide bonds. The molecule has 0 aliphatic rings. The molecule has 108 valence electrons. The van der Waals surface area contributed by atoms with Gasteiger partial charge < -0.3 is 10.3 Å². The van der Waals surface area contributed by atoms with Crippen LogP contribution >= 0.6 is 0 Å². The summed E-state index contributed by atoms with van der Waals surface area (Å²) in [4.78, 5) is 16.9. The van der Waals surface area contributed by atoms with E-state index in [1.165, 1.54) is 0 Å². The molecule has 1 aromatic carbocycles. The Morgan fingerprint density at radius 3 is 2.70 bits per heavy atom. The second-order valence-electron chi connectivity index (χ2n) is 5.54. The quantitative estimate of drug-likeness (QED) is 0.880. The van der Waals surface area contributed by atoms with E-state index in [-0.39, 0.29) is 5.78 Å². The first-order valence-corrected chi connectivity index (χ1v) is 7.26. The van der Waals surface area contributed by atoms with E-state index >= 15 is 0 Å². The lowest BCUT2D eigenvalue weighted by Crippen LogP contribution is -2.45. The molecule has 0 saturated carbocycles. The highest BCUT2D eigenvalue weighted by Crippen LogP contribution is 2.19. The van der Waals surface area contributed by atoms with E-state index in [2.05, 4.69) is 16.5 Å². The molecule has 0 spiro atoms. The highest BCUT2D eigenvalue weighted by atomic mass is 16.1. The van der Waals surface area contributed by atoms with Crippen LogP contribution in [0, 0.1) is 0 Å². The normalized spacial score (nSPS) is 14.4. The van der Waals surface area contributed by atoms with Gasteiger partial charge in [-0.2, -0.15) is 0 Å². The number of carbonyl (C=O) groups excluding carboxylic acids is 1. The molecule has 4 heteroatoms. The number of fused-ring (bicyclic) bond motifs is 1. The molecule has 1 unspecified atom stereocenters. The number of benzene rings is 1. The molecule has 0 saturated heterocycles. The van der Waals surface area contributed by atoms with Gasteiger partial charge in [-0.05, 0) is 31.9 Å². The number of nitrogens with two attached hydrogens (primary N) is 1. The number of ketones is 1. The minimum Gasteiger partial charge on any atom is -0.328 e. The number of rotatable bonds is 6. The number of hydrogen-bond donors (Lipinski definition) is 1. The summed E-state index contributed by atoms with van der Waals surface area (Å²) in [7, 11) is 0. The topological polar surface area (TPSA) is 60.9 Å². The molecule has 1 heterocycles. The van der Waals surface area contributed by atoms with E-state index in [1.807, 2.05) is 31.2 Å². The zero-order valence-electron chi connectivity index (χ0n) is 12.5. The largest absolute Gasteiger partial charge is 0.328 e. The molecular weight excluding hydrogens is 250 g/mol. The molecule has 1 atom stereocenters. The molecule has 0 radical (unpaired) electrons. The van der Waals surface area contributed by atoms with Crippen LogP contribution in [0.4, 0.5) is 0 Å². The van der Waals surface area contributed by atoms with E-state index in [0.717, 1.165) is 29.8 Å². The van der Waals surface area contributed by atoms with Gasteiger partial charge in [0.25, 0.3) is 0 Å². The van der Waals surface area contributed by atoms with Gasteiger partial charge in [-0.25, -0.2) is 4.98 Å². The third-order valence-corrected chi connectivity index (χ3v) is 3.87. The van der Waals surface area contributed by atoms with Crippen molar-refractivity contribution < 1.29 is 4.79 Å². The Bertz CT molecular complexity index is 613. The minimum absolute atomic E-state index is 0.0488. The lowest BCUT2D eigenvalue weighted by molar-refractivity contribution is -0.123. The number of aromatic nitrogens is 2. The maximum Gasteiger partial charge on any atom is 0.159 e. The molecule has 4 nitrogen and oxygen atoms in total. The summed E-state index contributed by atoms with van der Waals surface area (Å²) in [6.07, 6.45) is 1.95. The summed E-state index contributed by atoms with van der Waals surface area (Å²) in [5.41, 5.74) is 7.30. The smallest absolute Gasteiger partial charge is 0.159 e. The van der Waals surface area contributed by atoms with Crippen molar-refractivity contribution in [1.29, 1.82) is 0 Å². The van der Waals surface area contributed by atoms with E-state index in [1.54, 1.807) is 6.92 Å². The zero-order valence-corrected chi connectivity index (χ0v) is 12.5. The molecule has 1 aromatic heterocycles. The predicted molar refractivity (Wildman–Crippen MR) is 81.6 cm³/mol. The van der Waals surface area contributed by atoms with Gasteiger partial charge >= 0.3 is 0 Å². The van der Waals surface area contributed by atoms with Gasteiger partial charge in [-0.3, -0.25) is 4.79 Å². The van der Waals surface area contributed by atoms with E-state index in [4.69, 9.17) is 5.73 Å². The van der Waals surface area contributed by atoms with Crippen LogP contribution in [0.1, 0.15) is 39.4 Å². The van der Waals surface area contributed by atoms with Crippen molar-refractivity contribution in [3.8, 4) is 0 Å². The first kappa shape index (κ1) is 14.7. The van der Waals surface area contributed by atoms with Gasteiger partial charge in [0.05, 0.1) is 23.0 Å². The number of hydrogen-bond acceptors (Lipinski definition) is 3. The number of nitrogens with zero attached hydrogens (tertiary/aromatic N) is 2. The van der Waals surface area contributed by atoms with Crippen molar-refractivity contribution in [3.63, 3.8) is 0 Å². The first-order chi connectivity index (χ1) is 9.49. The third-order valence-electron chi connectivity index (χ3n) is 3.87. The number of aryl methyl sites for hydroxylation is 1. The molecule has 20 heavy (non-hydrogen) atoms. The van der Waals surface area contributed by atoms with Crippen LogP contribution in [-0.2, 0) is 17.8 Å². The Morgan fingerprint density at radius 2 is 2.05 bits per heavy atom. The van der Waals surface area contributed by atoms with E-state index in [9.17, 15) is 4.79 Å². The molecular formula is C16H23N3O. The zero-order chi connectivity index (χ0) is 14.8. The number of Topliss-reactive ketones (excluding diaryl/α,β-unsaturated/α-hetero) is 1. The summed E-state index contributed by atoms with van der Waals surface area (Å²) in [6.45, 7) is 6.73. The Labute approximate surface area is 120 Å². The highest BCUT2D eigenvalue weighted by Gasteiger charge is 2.27. The molecule has 0 bridgehead atoms. The standard InChI is InChI=1S/C16H23N3O/c1-4-10-19-13-9-7-6-8-12(13)18-15(19)11-14(20)16(3,17)5-2/h6-9H,4-5,10-11,17H2,1-3H3. The fourth-order valence-corrected chi connectivity index (χ4v) is 2.28. The van der Waals surface area contributed by atoms with Crippen LogP contribution in [-0.4, -0.2) is 20.9 Å². The Hall–Kier alpha value is -1.68. The van der Waals surface area contributed by atoms with Crippen molar-refractivity contribution in [2.24, 2.45) is 5.73 Å². The van der Waals surface area contributed by atoms with Gasteiger partial charge in [-0.1, -0.05) is 26.0 Å². The summed E-state index contributed by atoms with van der Waals surface area (Å²) >= 11 is 0. The van der Waals surface area contributed by atoms with Crippen LogP contribution in [0.2, 0.25) is 0 Å². The summed E-state index contributed by atoms with van der Waals surface area (Å²) < 4.78 is 2.14. The molecule has 2 rings (SSSR count). The lowest BCUT2D eigenvalue weighted by atomic mass is 9.92. The second-order valence-corrected chi connectivity index (χ2v) is 5.54. The van der Waals surface area contributed by atoms with Crippen molar-refractivity contribution in [2.75, 3.05) is 0 Å². The van der Waals surface area contributed by atoms with Gasteiger partial charge in [-0.15, -0.1) is 0 Å². The molecule has 0 aliphatic carbocycles. The van der Waals surface area contributed by atoms with Crippen molar-refractivity contribution in [1.82, 2.24) is 9.55 Å². The Kier molecular flexibility index (Phi) is 4.23. The maximum absolute atomic E-state index is 12.3. The number of carbonyl (C=O) groups is 1. The van der Waals surface area contributed by atoms with Crippen LogP contribution in [0.5, 0.6) is 0 Å². The summed E-state index contributed by atoms with van der Waals surface area (Å²) in [5.74, 6) is 0.871. The van der Waals surface area contributed by atoms with Gasteiger partial charge in [0.1, 0.15) is 5.82 Å². The maximum atomic E-state index is 12.3. The van der Waals surface area contributed by atoms with Crippen LogP contribution in [0.3, 0.4) is 0 Å². The number of imidazole rings is 1. The second kappa shape index (κ2) is 5.75. The van der Waals surface area contributed by atoms with Gasteiger partial charge in [0.15, 0.2) is 5.78 Å². The first-order valence-electron chi connectivity index (χ1n) is 7.26. The van der Waals surface area contributed by atoms with E-state index in [0.29, 0.717) is 12.8 Å². The van der Waals surface area contributed by atoms with Gasteiger partial charge in [0, 0.05) is 6.54 Å². The lowest BCUT2D eigenvalue weighted by Gasteiger charge is -2.20. The molecule has 2 aromatic rings. The fourth-order valence-electron chi connectivity index (χ4n) is 2.28. The minimum atomic E-state index is -0.769. The van der Waals surface area contributed by atoms with Crippen molar-refractivity contribution in [2.45, 2.75) is 52.1 Å². The van der Waals surface area contributed by atoms with Crippen molar-refractivity contribution >= 4 is 16.8 Å². The Balaban J connectivity index is 2.38. The molecule has 0 aliphatic heterocycles. The van der Waals surface area contributed by atoms with Crippen LogP contribution in [0.25, 0.3) is 11.0 Å². The monoisotopic (exact) mass is 273 g/mol. The summed E-state index contributed by atoms with van der Waals surface area (Å²) in [5, 5.41) is 0. The van der Waals surface area contributed by atoms with Gasteiger partial charge in [0.2, 0.25) is 0 Å². The Morgan fingerprint density at radius 1 is 1.35 bits per heavy atom. The van der Waals surface area contributed by atoms with Crippen LogP contribution in [0.15, 0.2) is 24.3 Å². The third kappa shape index (κ3) is 2.75. The average molecular weight is 273 g/mol. The molecule has 0 fully saturated rings. The average Bonchev–Trinajstić information content (AvgIpc) is 2.77. The SMILES string of the molecule is CCCn1c(CC(=O)C(C)(N)CC)nc2ccccc21. The molecule has 2 N–H and O–H groups in total. The fraction of sp³-hybridized carbons (Fsp3) is 0.500. The van der Waals surface area contributed by atoms with Crippen LogP contribution < -0.4 is 5.73 Å². The van der Waals surface area contributed by atoms with E-state index < -0.39 is 5.54 Å². The highest BCUT2D eigenvalue weighted by molar-refractivity contribution is 5.89. The van der Waals surface area contributed by atoms with Crippen molar-refractivity contribution in [3.05, 3.63) is 30.1 Å². The predicted octanol–water partition coefficient (Wildman–Crippen LogP) is 2.69.